The SMILES string of the molecule is O=C(C=CCO)Nc1ccc(C(=O)NC2CCCC(Nc3ncc(Cl)c(-c4c[nH]c5ccccc45)n3)C2)cc1. The summed E-state index contributed by atoms with van der Waals surface area (Å²) in [6.45, 7) is -0.206. The average Bonchev–Trinajstić information content (AvgIpc) is 3.37. The first-order valence-corrected chi connectivity index (χ1v) is 13.2. The van der Waals surface area contributed by atoms with Crippen LogP contribution in [0.5, 0.6) is 0 Å². The van der Waals surface area contributed by atoms with Gasteiger partial charge in [-0.1, -0.05) is 35.9 Å². The minimum Gasteiger partial charge on any atom is -0.392 e. The Bertz CT molecular complexity index is 1500. The Morgan fingerprint density at radius 3 is 2.72 bits per heavy atom. The predicted octanol–water partition coefficient (Wildman–Crippen LogP) is 4.92. The molecule has 4 aromatic rings. The number of aromatic nitrogens is 3. The van der Waals surface area contributed by atoms with Crippen LogP contribution in [0.4, 0.5) is 11.6 Å². The van der Waals surface area contributed by atoms with Gasteiger partial charge in [-0.3, -0.25) is 9.59 Å². The van der Waals surface area contributed by atoms with Crippen molar-refractivity contribution >= 4 is 46.0 Å². The Morgan fingerprint density at radius 2 is 1.90 bits per heavy atom. The number of carbonyl (C=O) groups excluding carboxylic acids is 2. The van der Waals surface area contributed by atoms with E-state index in [1.54, 1.807) is 30.5 Å². The highest BCUT2D eigenvalue weighted by Crippen LogP contribution is 2.32. The number of H-pyrrole nitrogens is 1. The zero-order valence-electron chi connectivity index (χ0n) is 21.2. The molecule has 2 aromatic carbocycles. The van der Waals surface area contributed by atoms with Crippen molar-refractivity contribution in [2.75, 3.05) is 17.2 Å². The maximum Gasteiger partial charge on any atom is 0.251 e. The van der Waals surface area contributed by atoms with E-state index in [4.69, 9.17) is 21.7 Å². The number of halogens is 1. The fraction of sp³-hybridized carbons (Fsp3) is 0.241. The minimum atomic E-state index is -0.347. The van der Waals surface area contributed by atoms with Crippen molar-refractivity contribution in [2.45, 2.75) is 37.8 Å². The van der Waals surface area contributed by atoms with Crippen molar-refractivity contribution in [3.05, 3.63) is 83.7 Å². The summed E-state index contributed by atoms with van der Waals surface area (Å²) in [6, 6.07) is 14.8. The molecule has 9 nitrogen and oxygen atoms in total. The highest BCUT2D eigenvalue weighted by atomic mass is 35.5. The molecule has 10 heteroatoms. The molecule has 39 heavy (non-hydrogen) atoms. The fourth-order valence-corrected chi connectivity index (χ4v) is 5.04. The van der Waals surface area contributed by atoms with E-state index in [0.717, 1.165) is 42.1 Å². The number of para-hydroxylation sites is 1. The van der Waals surface area contributed by atoms with Crippen LogP contribution < -0.4 is 16.0 Å². The lowest BCUT2D eigenvalue weighted by Crippen LogP contribution is -2.42. The Morgan fingerprint density at radius 1 is 1.10 bits per heavy atom. The van der Waals surface area contributed by atoms with Gasteiger partial charge >= 0.3 is 0 Å². The van der Waals surface area contributed by atoms with E-state index in [1.165, 1.54) is 12.2 Å². The van der Waals surface area contributed by atoms with Crippen LogP contribution in [-0.4, -0.2) is 50.6 Å². The van der Waals surface area contributed by atoms with E-state index in [0.29, 0.717) is 27.9 Å². The summed E-state index contributed by atoms with van der Waals surface area (Å²) >= 11 is 6.48. The number of aliphatic hydroxyl groups excluding tert-OH is 1. The maximum atomic E-state index is 12.9. The first-order chi connectivity index (χ1) is 19.0. The number of nitrogens with zero attached hydrogens (tertiary/aromatic N) is 2. The quantitative estimate of drug-likeness (QED) is 0.200. The van der Waals surface area contributed by atoms with Crippen LogP contribution in [0.3, 0.4) is 0 Å². The highest BCUT2D eigenvalue weighted by Gasteiger charge is 2.25. The van der Waals surface area contributed by atoms with E-state index in [2.05, 4.69) is 25.9 Å². The molecular formula is C29H29ClN6O3. The zero-order valence-corrected chi connectivity index (χ0v) is 21.9. The summed E-state index contributed by atoms with van der Waals surface area (Å²) in [5.74, 6) is -0.00793. The van der Waals surface area contributed by atoms with Gasteiger partial charge in [0.15, 0.2) is 0 Å². The number of fused-ring (bicyclic) bond motifs is 1. The number of benzene rings is 2. The molecule has 5 rings (SSSR count). The Kier molecular flexibility index (Phi) is 8.19. The van der Waals surface area contributed by atoms with E-state index in [1.807, 2.05) is 30.5 Å². The molecule has 1 saturated carbocycles. The van der Waals surface area contributed by atoms with Crippen LogP contribution >= 0.6 is 11.6 Å². The normalized spacial score (nSPS) is 17.3. The van der Waals surface area contributed by atoms with Crippen LogP contribution in [0.25, 0.3) is 22.2 Å². The third kappa shape index (κ3) is 6.45. The van der Waals surface area contributed by atoms with E-state index < -0.39 is 0 Å². The Balaban J connectivity index is 1.20. The van der Waals surface area contributed by atoms with Crippen LogP contribution in [0.15, 0.2) is 73.1 Å². The maximum absolute atomic E-state index is 12.9. The van der Waals surface area contributed by atoms with Gasteiger partial charge in [0.2, 0.25) is 11.9 Å². The standard InChI is InChI=1S/C29H29ClN6O3/c30-24-17-32-29(36-27(24)23-16-31-25-8-2-1-7-22(23)25)35-21-6-3-5-20(15-21)34-28(39)18-10-12-19(13-11-18)33-26(38)9-4-14-37/h1-2,4,7-13,16-17,20-21,31,37H,3,5-6,14-15H2,(H,33,38)(H,34,39)(H,32,35,36). The molecule has 2 heterocycles. The van der Waals surface area contributed by atoms with Crippen molar-refractivity contribution in [2.24, 2.45) is 0 Å². The van der Waals surface area contributed by atoms with Gasteiger partial charge in [0, 0.05) is 52.1 Å². The van der Waals surface area contributed by atoms with Gasteiger partial charge < -0.3 is 26.0 Å². The summed E-state index contributed by atoms with van der Waals surface area (Å²) in [7, 11) is 0. The number of anilines is 2. The van der Waals surface area contributed by atoms with Gasteiger partial charge in [-0.2, -0.15) is 0 Å². The van der Waals surface area contributed by atoms with Crippen molar-refractivity contribution in [3.63, 3.8) is 0 Å². The smallest absolute Gasteiger partial charge is 0.251 e. The molecule has 1 fully saturated rings. The van der Waals surface area contributed by atoms with Crippen molar-refractivity contribution < 1.29 is 14.7 Å². The number of amides is 2. The van der Waals surface area contributed by atoms with Crippen LogP contribution in [0.2, 0.25) is 5.02 Å². The number of carbonyl (C=O) groups is 2. The number of nitrogens with one attached hydrogen (secondary N) is 4. The van der Waals surface area contributed by atoms with Gasteiger partial charge in [-0.05, 0) is 56.0 Å². The van der Waals surface area contributed by atoms with Crippen LogP contribution in [-0.2, 0) is 4.79 Å². The topological polar surface area (TPSA) is 132 Å². The predicted molar refractivity (Wildman–Crippen MR) is 153 cm³/mol. The lowest BCUT2D eigenvalue weighted by molar-refractivity contribution is -0.111. The molecule has 2 amide bonds. The van der Waals surface area contributed by atoms with Gasteiger partial charge in [0.1, 0.15) is 0 Å². The number of rotatable bonds is 8. The Hall–Kier alpha value is -4.21. The Labute approximate surface area is 230 Å². The van der Waals surface area contributed by atoms with E-state index in [9.17, 15) is 9.59 Å². The number of aliphatic hydroxyl groups is 1. The fourth-order valence-electron chi connectivity index (χ4n) is 4.84. The van der Waals surface area contributed by atoms with Gasteiger partial charge in [-0.25, -0.2) is 9.97 Å². The van der Waals surface area contributed by atoms with Crippen molar-refractivity contribution in [1.82, 2.24) is 20.3 Å². The van der Waals surface area contributed by atoms with Gasteiger partial charge in [0.25, 0.3) is 5.91 Å². The second-order valence-corrected chi connectivity index (χ2v) is 9.88. The first-order valence-electron chi connectivity index (χ1n) is 12.8. The number of hydrogen-bond donors (Lipinski definition) is 5. The molecule has 0 saturated heterocycles. The molecule has 200 valence electrons. The van der Waals surface area contributed by atoms with Gasteiger partial charge in [-0.15, -0.1) is 0 Å². The van der Waals surface area contributed by atoms with E-state index in [-0.39, 0.29) is 30.5 Å². The lowest BCUT2D eigenvalue weighted by Gasteiger charge is -2.30. The molecule has 0 bridgehead atoms. The number of aromatic amines is 1. The third-order valence-electron chi connectivity index (χ3n) is 6.72. The molecule has 1 aliphatic rings. The average molecular weight is 545 g/mol. The summed E-state index contributed by atoms with van der Waals surface area (Å²) in [4.78, 5) is 37.0. The highest BCUT2D eigenvalue weighted by molar-refractivity contribution is 6.33. The van der Waals surface area contributed by atoms with Crippen LogP contribution in [0.1, 0.15) is 36.0 Å². The van der Waals surface area contributed by atoms with Crippen molar-refractivity contribution in [3.8, 4) is 11.3 Å². The molecular weight excluding hydrogens is 516 g/mol. The lowest BCUT2D eigenvalue weighted by atomic mass is 9.91. The first kappa shape index (κ1) is 26.4. The molecule has 5 N–H and O–H groups in total. The minimum absolute atomic E-state index is 0.00661. The molecule has 2 atom stereocenters. The summed E-state index contributed by atoms with van der Waals surface area (Å²) in [5, 5.41) is 19.5. The van der Waals surface area contributed by atoms with Gasteiger partial charge in [0.05, 0.1) is 23.5 Å². The zero-order chi connectivity index (χ0) is 27.2. The second kappa shape index (κ2) is 12.1. The molecule has 2 unspecified atom stereocenters. The number of hydrogen-bond acceptors (Lipinski definition) is 6. The van der Waals surface area contributed by atoms with Crippen molar-refractivity contribution in [1.29, 1.82) is 0 Å². The molecule has 0 radical (unpaired) electrons. The largest absolute Gasteiger partial charge is 0.392 e. The third-order valence-corrected chi connectivity index (χ3v) is 7.00. The monoisotopic (exact) mass is 544 g/mol. The molecule has 1 aliphatic carbocycles. The summed E-state index contributed by atoms with van der Waals surface area (Å²) in [6.07, 6.45) is 9.66. The summed E-state index contributed by atoms with van der Waals surface area (Å²) in [5.41, 5.74) is 3.67. The molecule has 2 aromatic heterocycles. The molecule has 0 aliphatic heterocycles. The van der Waals surface area contributed by atoms with E-state index >= 15 is 0 Å². The van der Waals surface area contributed by atoms with Crippen LogP contribution in [0, 0.1) is 0 Å². The summed E-state index contributed by atoms with van der Waals surface area (Å²) < 4.78 is 0. The second-order valence-electron chi connectivity index (χ2n) is 9.47. The molecule has 0 spiro atoms.